The summed E-state index contributed by atoms with van der Waals surface area (Å²) in [7, 11) is 0. The summed E-state index contributed by atoms with van der Waals surface area (Å²) in [5.74, 6) is -1.26. The van der Waals surface area contributed by atoms with Crippen LogP contribution in [0.25, 0.3) is 0 Å². The normalized spacial score (nSPS) is 19.9. The van der Waals surface area contributed by atoms with Crippen molar-refractivity contribution in [2.45, 2.75) is 20.3 Å². The number of anilines is 1. The molecule has 0 N–H and O–H groups in total. The van der Waals surface area contributed by atoms with Crippen LogP contribution >= 0.6 is 11.6 Å². The number of benzene rings is 1. The Morgan fingerprint density at radius 2 is 2.05 bits per heavy atom. The molecule has 0 bridgehead atoms. The molecular weight excluding hydrogens is 266 g/mol. The monoisotopic (exact) mass is 279 g/mol. The molecule has 2 amide bonds. The topological polar surface area (TPSA) is 54.5 Å². The van der Waals surface area contributed by atoms with Crippen LogP contribution in [0.5, 0.6) is 0 Å². The molecule has 1 fully saturated rings. The molecule has 0 spiro atoms. The summed E-state index contributed by atoms with van der Waals surface area (Å²) < 4.78 is 0. The first-order valence-corrected chi connectivity index (χ1v) is 6.33. The molecule has 1 aliphatic rings. The van der Waals surface area contributed by atoms with Crippen molar-refractivity contribution >= 4 is 35.4 Å². The quantitative estimate of drug-likeness (QED) is 0.631. The highest BCUT2D eigenvalue weighted by Gasteiger charge is 2.47. The van der Waals surface area contributed by atoms with E-state index >= 15 is 0 Å². The summed E-state index contributed by atoms with van der Waals surface area (Å²) in [5, 5.41) is 0.455. The molecule has 1 aromatic carbocycles. The highest BCUT2D eigenvalue weighted by Crippen LogP contribution is 2.37. The van der Waals surface area contributed by atoms with Gasteiger partial charge in [0.1, 0.15) is 6.29 Å². The van der Waals surface area contributed by atoms with Crippen molar-refractivity contribution in [3.8, 4) is 0 Å². The Morgan fingerprint density at radius 1 is 1.37 bits per heavy atom. The average Bonchev–Trinajstić information content (AvgIpc) is 2.65. The van der Waals surface area contributed by atoms with E-state index in [1.807, 2.05) is 0 Å². The predicted molar refractivity (Wildman–Crippen MR) is 71.9 cm³/mol. The van der Waals surface area contributed by atoms with Crippen LogP contribution in [0.3, 0.4) is 0 Å². The third-order valence-electron chi connectivity index (χ3n) is 3.41. The van der Waals surface area contributed by atoms with E-state index in [1.54, 1.807) is 38.1 Å². The smallest absolute Gasteiger partial charge is 0.238 e. The van der Waals surface area contributed by atoms with Crippen molar-refractivity contribution in [3.05, 3.63) is 29.3 Å². The number of carbonyl (C=O) groups is 3. The lowest BCUT2D eigenvalue weighted by Gasteiger charge is -2.23. The summed E-state index contributed by atoms with van der Waals surface area (Å²) in [5.41, 5.74) is -0.397. The molecule has 1 atom stereocenters. The maximum absolute atomic E-state index is 12.3. The minimum absolute atomic E-state index is 0.0527. The molecule has 4 nitrogen and oxygen atoms in total. The highest BCUT2D eigenvalue weighted by atomic mass is 35.5. The van der Waals surface area contributed by atoms with Crippen molar-refractivity contribution in [3.63, 3.8) is 0 Å². The van der Waals surface area contributed by atoms with Gasteiger partial charge in [-0.25, -0.2) is 0 Å². The van der Waals surface area contributed by atoms with Gasteiger partial charge < -0.3 is 4.79 Å². The minimum Gasteiger partial charge on any atom is -0.303 e. The largest absolute Gasteiger partial charge is 0.303 e. The Morgan fingerprint density at radius 3 is 2.63 bits per heavy atom. The van der Waals surface area contributed by atoms with Gasteiger partial charge in [0, 0.05) is 16.9 Å². The molecule has 0 aliphatic carbocycles. The van der Waals surface area contributed by atoms with E-state index in [1.165, 1.54) is 0 Å². The number of halogens is 1. The SMILES string of the molecule is CC(C)(C=O)C1CC(=O)N(c2cccc(Cl)c2)C1=O. The second kappa shape index (κ2) is 4.78. The van der Waals surface area contributed by atoms with Gasteiger partial charge in [-0.1, -0.05) is 31.5 Å². The lowest BCUT2D eigenvalue weighted by atomic mass is 9.79. The average molecular weight is 280 g/mol. The number of amides is 2. The van der Waals surface area contributed by atoms with E-state index in [4.69, 9.17) is 11.6 Å². The van der Waals surface area contributed by atoms with E-state index in [-0.39, 0.29) is 18.2 Å². The third kappa shape index (κ3) is 2.40. The molecule has 100 valence electrons. The number of aldehydes is 1. The van der Waals surface area contributed by atoms with Gasteiger partial charge in [0.15, 0.2) is 0 Å². The van der Waals surface area contributed by atoms with Crippen molar-refractivity contribution < 1.29 is 14.4 Å². The number of hydrogen-bond acceptors (Lipinski definition) is 3. The van der Waals surface area contributed by atoms with Crippen molar-refractivity contribution in [1.29, 1.82) is 0 Å². The first kappa shape index (κ1) is 13.7. The zero-order chi connectivity index (χ0) is 14.2. The van der Waals surface area contributed by atoms with Crippen LogP contribution < -0.4 is 4.90 Å². The molecule has 1 aliphatic heterocycles. The fourth-order valence-corrected chi connectivity index (χ4v) is 2.37. The predicted octanol–water partition coefficient (Wildman–Crippen LogP) is 2.44. The van der Waals surface area contributed by atoms with E-state index in [9.17, 15) is 14.4 Å². The van der Waals surface area contributed by atoms with E-state index in [0.29, 0.717) is 10.7 Å². The number of hydrogen-bond donors (Lipinski definition) is 0. The van der Waals surface area contributed by atoms with Gasteiger partial charge in [-0.05, 0) is 18.2 Å². The van der Waals surface area contributed by atoms with Crippen molar-refractivity contribution in [2.75, 3.05) is 4.90 Å². The maximum Gasteiger partial charge on any atom is 0.238 e. The van der Waals surface area contributed by atoms with Crippen LogP contribution in [0.15, 0.2) is 24.3 Å². The van der Waals surface area contributed by atoms with Crippen molar-refractivity contribution in [2.24, 2.45) is 11.3 Å². The molecular formula is C14H14ClNO3. The number of imide groups is 1. The van der Waals surface area contributed by atoms with Crippen LogP contribution in [-0.4, -0.2) is 18.1 Å². The summed E-state index contributed by atoms with van der Waals surface area (Å²) in [6.07, 6.45) is 0.779. The molecule has 1 saturated heterocycles. The zero-order valence-corrected chi connectivity index (χ0v) is 11.5. The van der Waals surface area contributed by atoms with Gasteiger partial charge in [0.05, 0.1) is 11.6 Å². The van der Waals surface area contributed by atoms with Gasteiger partial charge in [-0.15, -0.1) is 0 Å². The molecule has 0 radical (unpaired) electrons. The van der Waals surface area contributed by atoms with Crippen LogP contribution in [0.1, 0.15) is 20.3 Å². The Bertz CT molecular complexity index is 553. The Kier molecular flexibility index (Phi) is 3.45. The Labute approximate surface area is 116 Å². The van der Waals surface area contributed by atoms with Gasteiger partial charge in [0.2, 0.25) is 11.8 Å². The second-order valence-corrected chi connectivity index (χ2v) is 5.68. The van der Waals surface area contributed by atoms with Crippen LogP contribution in [-0.2, 0) is 14.4 Å². The molecule has 2 rings (SSSR count). The molecule has 1 unspecified atom stereocenters. The van der Waals surface area contributed by atoms with E-state index < -0.39 is 11.3 Å². The molecule has 0 saturated carbocycles. The van der Waals surface area contributed by atoms with E-state index in [0.717, 1.165) is 11.2 Å². The highest BCUT2D eigenvalue weighted by molar-refractivity contribution is 6.31. The molecule has 0 aromatic heterocycles. The zero-order valence-electron chi connectivity index (χ0n) is 10.7. The van der Waals surface area contributed by atoms with Gasteiger partial charge in [-0.2, -0.15) is 0 Å². The third-order valence-corrected chi connectivity index (χ3v) is 3.65. The van der Waals surface area contributed by atoms with Crippen LogP contribution in [0, 0.1) is 11.3 Å². The minimum atomic E-state index is -0.847. The molecule has 5 heteroatoms. The summed E-state index contributed by atoms with van der Waals surface area (Å²) in [6, 6.07) is 6.56. The summed E-state index contributed by atoms with van der Waals surface area (Å²) in [6.45, 7) is 3.33. The van der Waals surface area contributed by atoms with Crippen molar-refractivity contribution in [1.82, 2.24) is 0 Å². The summed E-state index contributed by atoms with van der Waals surface area (Å²) >= 11 is 5.87. The lowest BCUT2D eigenvalue weighted by Crippen LogP contribution is -2.35. The first-order valence-electron chi connectivity index (χ1n) is 5.95. The van der Waals surface area contributed by atoms with Crippen LogP contribution in [0.2, 0.25) is 5.02 Å². The van der Waals surface area contributed by atoms with Gasteiger partial charge >= 0.3 is 0 Å². The fourth-order valence-electron chi connectivity index (χ4n) is 2.18. The van der Waals surface area contributed by atoms with E-state index in [2.05, 4.69) is 0 Å². The molecule has 1 heterocycles. The van der Waals surface area contributed by atoms with Gasteiger partial charge in [0.25, 0.3) is 0 Å². The molecule has 19 heavy (non-hydrogen) atoms. The second-order valence-electron chi connectivity index (χ2n) is 5.24. The first-order chi connectivity index (χ1) is 8.86. The lowest BCUT2D eigenvalue weighted by molar-refractivity contribution is -0.129. The fraction of sp³-hybridized carbons (Fsp3) is 0.357. The number of nitrogens with zero attached hydrogens (tertiary/aromatic N) is 1. The Balaban J connectivity index is 2.37. The molecule has 1 aromatic rings. The maximum atomic E-state index is 12.3. The Hall–Kier alpha value is -1.68. The standard InChI is InChI=1S/C14H14ClNO3/c1-14(2,8-17)11-7-12(18)16(13(11)19)10-5-3-4-9(15)6-10/h3-6,8,11H,7H2,1-2H3. The number of rotatable bonds is 3. The van der Waals surface area contributed by atoms with Gasteiger partial charge in [-0.3, -0.25) is 14.5 Å². The van der Waals surface area contributed by atoms with Crippen LogP contribution in [0.4, 0.5) is 5.69 Å². The summed E-state index contributed by atoms with van der Waals surface area (Å²) in [4.78, 5) is 36.5. The number of carbonyl (C=O) groups excluding carboxylic acids is 3.